The molecule has 1 amide bonds. The lowest BCUT2D eigenvalue weighted by molar-refractivity contribution is -0.123. The Hall–Kier alpha value is -1.32. The Bertz CT molecular complexity index is 290. The second-order valence-electron chi connectivity index (χ2n) is 4.02. The van der Waals surface area contributed by atoms with Crippen LogP contribution in [-0.2, 0) is 11.3 Å². The molecule has 0 unspecified atom stereocenters. The SMILES string of the molecule is CCC(C)(C)NC(=O)Cn1ccnc1. The van der Waals surface area contributed by atoms with Crippen LogP contribution in [0, 0.1) is 0 Å². The molecule has 0 aromatic carbocycles. The van der Waals surface area contributed by atoms with E-state index in [0.717, 1.165) is 6.42 Å². The molecule has 0 atom stereocenters. The number of nitrogens with zero attached hydrogens (tertiary/aromatic N) is 2. The van der Waals surface area contributed by atoms with E-state index in [1.54, 1.807) is 23.3 Å². The Kier molecular flexibility index (Phi) is 3.28. The molecule has 1 rings (SSSR count). The van der Waals surface area contributed by atoms with Crippen molar-refractivity contribution in [1.82, 2.24) is 14.9 Å². The number of rotatable bonds is 4. The number of aromatic nitrogens is 2. The van der Waals surface area contributed by atoms with Crippen LogP contribution in [0.25, 0.3) is 0 Å². The zero-order chi connectivity index (χ0) is 10.6. The van der Waals surface area contributed by atoms with Gasteiger partial charge in [-0.05, 0) is 20.3 Å². The molecule has 0 radical (unpaired) electrons. The largest absolute Gasteiger partial charge is 0.350 e. The van der Waals surface area contributed by atoms with Gasteiger partial charge in [-0.15, -0.1) is 0 Å². The van der Waals surface area contributed by atoms with Crippen molar-refractivity contribution >= 4 is 5.91 Å². The quantitative estimate of drug-likeness (QED) is 0.784. The molecule has 14 heavy (non-hydrogen) atoms. The molecule has 78 valence electrons. The highest BCUT2D eigenvalue weighted by Gasteiger charge is 2.17. The summed E-state index contributed by atoms with van der Waals surface area (Å²) < 4.78 is 1.75. The highest BCUT2D eigenvalue weighted by atomic mass is 16.2. The van der Waals surface area contributed by atoms with Crippen molar-refractivity contribution in [2.45, 2.75) is 39.3 Å². The van der Waals surface area contributed by atoms with E-state index in [9.17, 15) is 4.79 Å². The molecule has 1 heterocycles. The van der Waals surface area contributed by atoms with E-state index in [2.05, 4.69) is 17.2 Å². The van der Waals surface area contributed by atoms with E-state index in [1.807, 2.05) is 13.8 Å². The monoisotopic (exact) mass is 195 g/mol. The van der Waals surface area contributed by atoms with Crippen LogP contribution in [0.3, 0.4) is 0 Å². The molecule has 0 spiro atoms. The van der Waals surface area contributed by atoms with Gasteiger partial charge in [0.1, 0.15) is 6.54 Å². The van der Waals surface area contributed by atoms with Crippen LogP contribution in [0.2, 0.25) is 0 Å². The lowest BCUT2D eigenvalue weighted by Crippen LogP contribution is -2.44. The van der Waals surface area contributed by atoms with Crippen molar-refractivity contribution in [2.75, 3.05) is 0 Å². The number of hydrogen-bond acceptors (Lipinski definition) is 2. The number of hydrogen-bond donors (Lipinski definition) is 1. The summed E-state index contributed by atoms with van der Waals surface area (Å²) in [7, 11) is 0. The second kappa shape index (κ2) is 4.26. The lowest BCUT2D eigenvalue weighted by atomic mass is 10.0. The number of imidazole rings is 1. The first kappa shape index (κ1) is 10.8. The molecule has 0 aliphatic rings. The minimum atomic E-state index is -0.127. The first-order valence-corrected chi connectivity index (χ1v) is 4.80. The first-order chi connectivity index (χ1) is 6.53. The highest BCUT2D eigenvalue weighted by Crippen LogP contribution is 2.06. The lowest BCUT2D eigenvalue weighted by Gasteiger charge is -2.24. The molecule has 0 aliphatic heterocycles. The van der Waals surface area contributed by atoms with Crippen molar-refractivity contribution in [1.29, 1.82) is 0 Å². The number of carbonyl (C=O) groups is 1. The van der Waals surface area contributed by atoms with Crippen LogP contribution in [0.5, 0.6) is 0 Å². The predicted octanol–water partition coefficient (Wildman–Crippen LogP) is 1.19. The summed E-state index contributed by atoms with van der Waals surface area (Å²) in [5.41, 5.74) is -0.127. The third-order valence-corrected chi connectivity index (χ3v) is 2.25. The average molecular weight is 195 g/mol. The molecule has 0 bridgehead atoms. The van der Waals surface area contributed by atoms with Gasteiger partial charge < -0.3 is 9.88 Å². The maximum Gasteiger partial charge on any atom is 0.240 e. The van der Waals surface area contributed by atoms with Gasteiger partial charge in [-0.1, -0.05) is 6.92 Å². The van der Waals surface area contributed by atoms with E-state index in [1.165, 1.54) is 0 Å². The Balaban J connectivity index is 2.44. The Morgan fingerprint density at radius 2 is 2.29 bits per heavy atom. The molecule has 1 aromatic rings. The summed E-state index contributed by atoms with van der Waals surface area (Å²) in [4.78, 5) is 15.4. The molecule has 1 aromatic heterocycles. The zero-order valence-electron chi connectivity index (χ0n) is 8.95. The van der Waals surface area contributed by atoms with Crippen molar-refractivity contribution in [2.24, 2.45) is 0 Å². The van der Waals surface area contributed by atoms with Crippen molar-refractivity contribution in [3.8, 4) is 0 Å². The van der Waals surface area contributed by atoms with Crippen LogP contribution in [-0.4, -0.2) is 21.0 Å². The van der Waals surface area contributed by atoms with E-state index in [0.29, 0.717) is 6.54 Å². The first-order valence-electron chi connectivity index (χ1n) is 4.80. The van der Waals surface area contributed by atoms with Crippen LogP contribution in [0.1, 0.15) is 27.2 Å². The minimum Gasteiger partial charge on any atom is -0.350 e. The van der Waals surface area contributed by atoms with Crippen molar-refractivity contribution in [3.05, 3.63) is 18.7 Å². The summed E-state index contributed by atoms with van der Waals surface area (Å²) in [5, 5.41) is 2.96. The maximum atomic E-state index is 11.5. The number of nitrogens with one attached hydrogen (secondary N) is 1. The van der Waals surface area contributed by atoms with Gasteiger partial charge in [0.25, 0.3) is 0 Å². The molecule has 0 saturated heterocycles. The fourth-order valence-electron chi connectivity index (χ4n) is 1.05. The fraction of sp³-hybridized carbons (Fsp3) is 0.600. The summed E-state index contributed by atoms with van der Waals surface area (Å²) in [6.45, 7) is 6.42. The normalized spacial score (nSPS) is 11.4. The molecule has 0 fully saturated rings. The third kappa shape index (κ3) is 3.20. The summed E-state index contributed by atoms with van der Waals surface area (Å²) in [6, 6.07) is 0. The van der Waals surface area contributed by atoms with Gasteiger partial charge in [0, 0.05) is 17.9 Å². The molecule has 0 saturated carbocycles. The van der Waals surface area contributed by atoms with Gasteiger partial charge in [0.2, 0.25) is 5.91 Å². The van der Waals surface area contributed by atoms with E-state index in [-0.39, 0.29) is 11.4 Å². The average Bonchev–Trinajstić information content (AvgIpc) is 2.55. The topological polar surface area (TPSA) is 46.9 Å². The maximum absolute atomic E-state index is 11.5. The number of amides is 1. The van der Waals surface area contributed by atoms with Crippen LogP contribution in [0.15, 0.2) is 18.7 Å². The van der Waals surface area contributed by atoms with Gasteiger partial charge in [0.15, 0.2) is 0 Å². The Morgan fingerprint density at radius 1 is 1.57 bits per heavy atom. The zero-order valence-corrected chi connectivity index (χ0v) is 8.95. The van der Waals surface area contributed by atoms with Gasteiger partial charge in [-0.2, -0.15) is 0 Å². The van der Waals surface area contributed by atoms with E-state index < -0.39 is 0 Å². The molecule has 0 aliphatic carbocycles. The fourth-order valence-corrected chi connectivity index (χ4v) is 1.05. The van der Waals surface area contributed by atoms with Crippen LogP contribution in [0.4, 0.5) is 0 Å². The molecule has 4 heteroatoms. The van der Waals surface area contributed by atoms with Crippen LogP contribution >= 0.6 is 0 Å². The van der Waals surface area contributed by atoms with Crippen molar-refractivity contribution in [3.63, 3.8) is 0 Å². The van der Waals surface area contributed by atoms with Gasteiger partial charge >= 0.3 is 0 Å². The summed E-state index contributed by atoms with van der Waals surface area (Å²) in [6.07, 6.45) is 6.00. The molecule has 4 nitrogen and oxygen atoms in total. The standard InChI is InChI=1S/C10H17N3O/c1-4-10(2,3)12-9(14)7-13-6-5-11-8-13/h5-6,8H,4,7H2,1-3H3,(H,12,14). The van der Waals surface area contributed by atoms with Gasteiger partial charge in [-0.25, -0.2) is 4.98 Å². The van der Waals surface area contributed by atoms with E-state index in [4.69, 9.17) is 0 Å². The van der Waals surface area contributed by atoms with Gasteiger partial charge in [0.05, 0.1) is 6.33 Å². The number of carbonyl (C=O) groups excluding carboxylic acids is 1. The summed E-state index contributed by atoms with van der Waals surface area (Å²) in [5.74, 6) is 0.0230. The Labute approximate surface area is 84.3 Å². The molecular weight excluding hydrogens is 178 g/mol. The predicted molar refractivity (Wildman–Crippen MR) is 54.7 cm³/mol. The van der Waals surface area contributed by atoms with E-state index >= 15 is 0 Å². The minimum absolute atomic E-state index is 0.0230. The second-order valence-corrected chi connectivity index (χ2v) is 4.02. The molecular formula is C10H17N3O. The van der Waals surface area contributed by atoms with Crippen LogP contribution < -0.4 is 5.32 Å². The van der Waals surface area contributed by atoms with Gasteiger partial charge in [-0.3, -0.25) is 4.79 Å². The summed E-state index contributed by atoms with van der Waals surface area (Å²) >= 11 is 0. The Morgan fingerprint density at radius 3 is 2.79 bits per heavy atom. The highest BCUT2D eigenvalue weighted by molar-refractivity contribution is 5.76. The molecule has 1 N–H and O–H groups in total. The van der Waals surface area contributed by atoms with Crippen molar-refractivity contribution < 1.29 is 4.79 Å². The smallest absolute Gasteiger partial charge is 0.240 e. The third-order valence-electron chi connectivity index (χ3n) is 2.25.